The third-order valence-corrected chi connectivity index (χ3v) is 0.716. The van der Waals surface area contributed by atoms with E-state index >= 15 is 0 Å². The van der Waals surface area contributed by atoms with E-state index in [0.29, 0.717) is 0 Å². The van der Waals surface area contributed by atoms with Gasteiger partial charge in [-0.2, -0.15) is 0 Å². The number of carboxylic acids is 1. The minimum absolute atomic E-state index is 0.250. The SMILES string of the molecule is CCC/C=C/C(=O)O.O=CO. The van der Waals surface area contributed by atoms with Crippen molar-refractivity contribution >= 4 is 12.4 Å². The molecule has 0 saturated heterocycles. The van der Waals surface area contributed by atoms with Crippen molar-refractivity contribution in [2.75, 3.05) is 0 Å². The van der Waals surface area contributed by atoms with Crippen molar-refractivity contribution in [1.82, 2.24) is 0 Å². The highest BCUT2D eigenvalue weighted by Gasteiger charge is 1.81. The standard InChI is InChI=1S/C6H10O2.CH2O2/c1-2-3-4-5-6(7)8;2-1-3/h4-5H,2-3H2,1H3,(H,7,8);1H,(H,2,3)/b5-4+;. The molecule has 0 amide bonds. The van der Waals surface area contributed by atoms with E-state index < -0.39 is 5.97 Å². The maximum Gasteiger partial charge on any atom is 0.327 e. The zero-order valence-electron chi connectivity index (χ0n) is 6.36. The highest BCUT2D eigenvalue weighted by atomic mass is 16.4. The Labute approximate surface area is 65.2 Å². The van der Waals surface area contributed by atoms with Gasteiger partial charge in [0.2, 0.25) is 0 Å². The van der Waals surface area contributed by atoms with Gasteiger partial charge in [-0.3, -0.25) is 4.79 Å². The summed E-state index contributed by atoms with van der Waals surface area (Å²) in [5, 5.41) is 14.9. The maximum atomic E-state index is 9.79. The Kier molecular flexibility index (Phi) is 12.9. The van der Waals surface area contributed by atoms with Gasteiger partial charge in [0.1, 0.15) is 0 Å². The lowest BCUT2D eigenvalue weighted by molar-refractivity contribution is -0.131. The molecule has 0 aliphatic rings. The van der Waals surface area contributed by atoms with E-state index in [1.165, 1.54) is 6.08 Å². The monoisotopic (exact) mass is 160 g/mol. The smallest absolute Gasteiger partial charge is 0.327 e. The zero-order valence-corrected chi connectivity index (χ0v) is 6.36. The predicted octanol–water partition coefficient (Wildman–Crippen LogP) is 1.13. The highest BCUT2D eigenvalue weighted by molar-refractivity contribution is 5.79. The van der Waals surface area contributed by atoms with Gasteiger partial charge in [-0.1, -0.05) is 19.4 Å². The van der Waals surface area contributed by atoms with Gasteiger partial charge in [0, 0.05) is 6.08 Å². The van der Waals surface area contributed by atoms with Gasteiger partial charge in [-0.15, -0.1) is 0 Å². The van der Waals surface area contributed by atoms with Crippen LogP contribution in [0.25, 0.3) is 0 Å². The molecule has 64 valence electrons. The normalized spacial score (nSPS) is 8.45. The molecule has 0 aromatic rings. The molecule has 0 saturated carbocycles. The summed E-state index contributed by atoms with van der Waals surface area (Å²) in [6, 6.07) is 0. The van der Waals surface area contributed by atoms with Gasteiger partial charge in [0.25, 0.3) is 6.47 Å². The van der Waals surface area contributed by atoms with Crippen molar-refractivity contribution in [3.8, 4) is 0 Å². The fourth-order valence-electron chi connectivity index (χ4n) is 0.351. The third-order valence-electron chi connectivity index (χ3n) is 0.716. The van der Waals surface area contributed by atoms with Crippen molar-refractivity contribution in [1.29, 1.82) is 0 Å². The third kappa shape index (κ3) is 28.6. The Bertz CT molecular complexity index is 128. The van der Waals surface area contributed by atoms with Crippen LogP contribution in [0.3, 0.4) is 0 Å². The summed E-state index contributed by atoms with van der Waals surface area (Å²) in [5.41, 5.74) is 0. The van der Waals surface area contributed by atoms with Crippen LogP contribution >= 0.6 is 0 Å². The van der Waals surface area contributed by atoms with Crippen molar-refractivity contribution in [3.05, 3.63) is 12.2 Å². The van der Waals surface area contributed by atoms with Crippen LogP contribution in [0, 0.1) is 0 Å². The van der Waals surface area contributed by atoms with Crippen LogP contribution in [0.1, 0.15) is 19.8 Å². The predicted molar refractivity (Wildman–Crippen MR) is 40.4 cm³/mol. The van der Waals surface area contributed by atoms with Gasteiger partial charge in [-0.05, 0) is 6.42 Å². The number of aliphatic carboxylic acids is 1. The Morgan fingerprint density at radius 2 is 2.00 bits per heavy atom. The summed E-state index contributed by atoms with van der Waals surface area (Å²) in [6.45, 7) is 1.76. The molecule has 0 heterocycles. The van der Waals surface area contributed by atoms with Crippen molar-refractivity contribution in [3.63, 3.8) is 0 Å². The zero-order chi connectivity index (χ0) is 9.11. The molecular formula is C7H12O4. The molecule has 0 radical (unpaired) electrons. The molecule has 0 bridgehead atoms. The first-order chi connectivity index (χ1) is 5.18. The Hall–Kier alpha value is -1.32. The van der Waals surface area contributed by atoms with Crippen molar-refractivity contribution in [2.24, 2.45) is 0 Å². The van der Waals surface area contributed by atoms with Gasteiger partial charge in [0.15, 0.2) is 0 Å². The molecule has 4 heteroatoms. The number of unbranched alkanes of at least 4 members (excludes halogenated alkanes) is 1. The largest absolute Gasteiger partial charge is 0.483 e. The average molecular weight is 160 g/mol. The molecule has 0 aromatic carbocycles. The molecule has 0 aliphatic carbocycles. The minimum Gasteiger partial charge on any atom is -0.483 e. The molecule has 0 unspecified atom stereocenters. The Morgan fingerprint density at radius 1 is 1.55 bits per heavy atom. The first kappa shape index (κ1) is 12.4. The van der Waals surface area contributed by atoms with Gasteiger partial charge in [0.05, 0.1) is 0 Å². The molecule has 2 N–H and O–H groups in total. The second kappa shape index (κ2) is 11.5. The van der Waals surface area contributed by atoms with E-state index in [0.717, 1.165) is 12.8 Å². The van der Waals surface area contributed by atoms with Crippen LogP contribution < -0.4 is 0 Å². The average Bonchev–Trinajstić information content (AvgIpc) is 1.89. The van der Waals surface area contributed by atoms with Crippen LogP contribution in [0.4, 0.5) is 0 Å². The van der Waals surface area contributed by atoms with Crippen molar-refractivity contribution in [2.45, 2.75) is 19.8 Å². The van der Waals surface area contributed by atoms with Crippen LogP contribution in [-0.2, 0) is 9.59 Å². The van der Waals surface area contributed by atoms with Crippen LogP contribution in [0.15, 0.2) is 12.2 Å². The number of hydrogen-bond donors (Lipinski definition) is 2. The summed E-state index contributed by atoms with van der Waals surface area (Å²) in [7, 11) is 0. The number of carbonyl (C=O) groups is 2. The van der Waals surface area contributed by atoms with Crippen LogP contribution in [0.5, 0.6) is 0 Å². The Morgan fingerprint density at radius 3 is 2.27 bits per heavy atom. The fraction of sp³-hybridized carbons (Fsp3) is 0.429. The molecule has 0 aliphatic heterocycles. The second-order valence-corrected chi connectivity index (χ2v) is 1.63. The van der Waals surface area contributed by atoms with E-state index in [2.05, 4.69) is 0 Å². The van der Waals surface area contributed by atoms with Gasteiger partial charge in [-0.25, -0.2) is 4.79 Å². The van der Waals surface area contributed by atoms with Gasteiger partial charge >= 0.3 is 5.97 Å². The molecule has 4 nitrogen and oxygen atoms in total. The van der Waals surface area contributed by atoms with E-state index in [-0.39, 0.29) is 6.47 Å². The lowest BCUT2D eigenvalue weighted by Crippen LogP contribution is -1.84. The quantitative estimate of drug-likeness (QED) is 0.479. The molecule has 0 aromatic heterocycles. The Balaban J connectivity index is 0. The number of rotatable bonds is 3. The molecule has 0 spiro atoms. The first-order valence-electron chi connectivity index (χ1n) is 3.16. The molecule has 0 fully saturated rings. The molecule has 0 atom stereocenters. The summed E-state index contributed by atoms with van der Waals surface area (Å²) in [5.74, 6) is -0.863. The second-order valence-electron chi connectivity index (χ2n) is 1.63. The van der Waals surface area contributed by atoms with E-state index in [1.807, 2.05) is 6.92 Å². The van der Waals surface area contributed by atoms with Crippen LogP contribution in [0.2, 0.25) is 0 Å². The van der Waals surface area contributed by atoms with Crippen molar-refractivity contribution < 1.29 is 19.8 Å². The molecular weight excluding hydrogens is 148 g/mol. The molecule has 11 heavy (non-hydrogen) atoms. The van der Waals surface area contributed by atoms with Crippen LogP contribution in [-0.4, -0.2) is 22.7 Å². The lowest BCUT2D eigenvalue weighted by atomic mass is 10.3. The van der Waals surface area contributed by atoms with E-state index in [1.54, 1.807) is 6.08 Å². The maximum absolute atomic E-state index is 9.79. The van der Waals surface area contributed by atoms with Gasteiger partial charge < -0.3 is 10.2 Å². The topological polar surface area (TPSA) is 74.6 Å². The summed E-state index contributed by atoms with van der Waals surface area (Å²) in [4.78, 5) is 18.1. The first-order valence-corrected chi connectivity index (χ1v) is 3.16. The fourth-order valence-corrected chi connectivity index (χ4v) is 0.351. The number of hydrogen-bond acceptors (Lipinski definition) is 2. The minimum atomic E-state index is -0.863. The highest BCUT2D eigenvalue weighted by Crippen LogP contribution is 1.86. The summed E-state index contributed by atoms with van der Waals surface area (Å²) >= 11 is 0. The van der Waals surface area contributed by atoms with E-state index in [4.69, 9.17) is 15.0 Å². The summed E-state index contributed by atoms with van der Waals surface area (Å²) < 4.78 is 0. The summed E-state index contributed by atoms with van der Waals surface area (Å²) in [6.07, 6.45) is 4.68. The number of carboxylic acid groups (broad SMARTS) is 2. The molecule has 0 rings (SSSR count). The lowest BCUT2D eigenvalue weighted by Gasteiger charge is -1.79. The number of allylic oxidation sites excluding steroid dienone is 1. The van der Waals surface area contributed by atoms with E-state index in [9.17, 15) is 4.79 Å².